The number of amides is 1. The molecule has 0 aliphatic heterocycles. The van der Waals surface area contributed by atoms with E-state index in [-0.39, 0.29) is 18.4 Å². The number of carbonyl (C=O) groups is 1. The van der Waals surface area contributed by atoms with Gasteiger partial charge in [0.25, 0.3) is 0 Å². The van der Waals surface area contributed by atoms with Crippen LogP contribution in [-0.2, 0) is 9.53 Å². The van der Waals surface area contributed by atoms with Gasteiger partial charge in [0.15, 0.2) is 0 Å². The molecule has 2 rings (SSSR count). The fraction of sp³-hybridized carbons (Fsp3) is 0.250. The Labute approximate surface area is 129 Å². The number of para-hydroxylation sites is 1. The van der Waals surface area contributed by atoms with Crippen LogP contribution in [-0.4, -0.2) is 30.6 Å². The quantitative estimate of drug-likeness (QED) is 0.818. The van der Waals surface area contributed by atoms with Crippen LogP contribution in [0.4, 0.5) is 5.69 Å². The van der Waals surface area contributed by atoms with Crippen molar-refractivity contribution < 1.29 is 14.3 Å². The summed E-state index contributed by atoms with van der Waals surface area (Å²) in [7, 11) is 1.53. The van der Waals surface area contributed by atoms with E-state index in [2.05, 4.69) is 10.3 Å². The second-order valence-corrected chi connectivity index (χ2v) is 4.65. The van der Waals surface area contributed by atoms with E-state index in [0.717, 1.165) is 0 Å². The van der Waals surface area contributed by atoms with Crippen LogP contribution >= 0.6 is 0 Å². The summed E-state index contributed by atoms with van der Waals surface area (Å²) in [6, 6.07) is 12.8. The lowest BCUT2D eigenvalue weighted by molar-refractivity contribution is -0.118. The minimum Gasteiger partial charge on any atom is -0.439 e. The Morgan fingerprint density at radius 1 is 1.27 bits per heavy atom. The minimum atomic E-state index is -0.284. The summed E-state index contributed by atoms with van der Waals surface area (Å²) in [6.45, 7) is 0.298. The van der Waals surface area contributed by atoms with Gasteiger partial charge in [0.1, 0.15) is 5.75 Å². The number of carbonyl (C=O) groups excluding carboxylic acids is 1. The van der Waals surface area contributed by atoms with E-state index in [1.807, 2.05) is 30.3 Å². The molecule has 0 fully saturated rings. The summed E-state index contributed by atoms with van der Waals surface area (Å²) in [4.78, 5) is 16.0. The van der Waals surface area contributed by atoms with Crippen molar-refractivity contribution in [3.05, 3.63) is 48.7 Å². The number of hydrogen-bond donors (Lipinski definition) is 2. The SMILES string of the molecule is COC(CN)CC(=O)Nc1ccc(Oc2ccccc2)nc1. The number of nitrogens with two attached hydrogens (primary N) is 1. The smallest absolute Gasteiger partial charge is 0.227 e. The van der Waals surface area contributed by atoms with Crippen LogP contribution in [0.2, 0.25) is 0 Å². The van der Waals surface area contributed by atoms with Crippen LogP contribution in [0.15, 0.2) is 48.7 Å². The van der Waals surface area contributed by atoms with E-state index in [9.17, 15) is 4.79 Å². The van der Waals surface area contributed by atoms with Gasteiger partial charge in [-0.3, -0.25) is 4.79 Å². The average molecular weight is 301 g/mol. The lowest BCUT2D eigenvalue weighted by atomic mass is 10.2. The number of nitrogens with zero attached hydrogens (tertiary/aromatic N) is 1. The molecular weight excluding hydrogens is 282 g/mol. The van der Waals surface area contributed by atoms with Crippen LogP contribution in [0.1, 0.15) is 6.42 Å². The van der Waals surface area contributed by atoms with E-state index < -0.39 is 0 Å². The predicted octanol–water partition coefficient (Wildman–Crippen LogP) is 2.18. The van der Waals surface area contributed by atoms with Crippen LogP contribution < -0.4 is 15.8 Å². The first-order valence-electron chi connectivity index (χ1n) is 6.93. The average Bonchev–Trinajstić information content (AvgIpc) is 2.55. The van der Waals surface area contributed by atoms with Gasteiger partial charge in [-0.2, -0.15) is 0 Å². The summed E-state index contributed by atoms with van der Waals surface area (Å²) >= 11 is 0. The van der Waals surface area contributed by atoms with Gasteiger partial charge in [0, 0.05) is 19.7 Å². The van der Waals surface area contributed by atoms with Crippen molar-refractivity contribution in [3.8, 4) is 11.6 Å². The molecule has 2 aromatic rings. The Morgan fingerprint density at radius 2 is 2.05 bits per heavy atom. The molecule has 1 unspecified atom stereocenters. The molecule has 1 aromatic carbocycles. The highest BCUT2D eigenvalue weighted by Crippen LogP contribution is 2.19. The topological polar surface area (TPSA) is 86.5 Å². The Bertz CT molecular complexity index is 583. The number of nitrogens with one attached hydrogen (secondary N) is 1. The number of methoxy groups -OCH3 is 1. The maximum Gasteiger partial charge on any atom is 0.227 e. The van der Waals surface area contributed by atoms with Crippen LogP contribution in [0, 0.1) is 0 Å². The minimum absolute atomic E-state index is 0.171. The highest BCUT2D eigenvalue weighted by atomic mass is 16.5. The van der Waals surface area contributed by atoms with Crippen molar-refractivity contribution in [2.75, 3.05) is 19.0 Å². The van der Waals surface area contributed by atoms with Crippen molar-refractivity contribution in [2.45, 2.75) is 12.5 Å². The zero-order valence-corrected chi connectivity index (χ0v) is 12.4. The summed E-state index contributed by atoms with van der Waals surface area (Å²) < 4.78 is 10.6. The first-order chi connectivity index (χ1) is 10.7. The molecule has 0 saturated heterocycles. The summed E-state index contributed by atoms with van der Waals surface area (Å²) in [5.41, 5.74) is 6.08. The first kappa shape index (κ1) is 15.9. The third kappa shape index (κ3) is 4.83. The largest absolute Gasteiger partial charge is 0.439 e. The molecule has 116 valence electrons. The number of ether oxygens (including phenoxy) is 2. The van der Waals surface area contributed by atoms with E-state index >= 15 is 0 Å². The lowest BCUT2D eigenvalue weighted by Gasteiger charge is -2.12. The second-order valence-electron chi connectivity index (χ2n) is 4.65. The molecule has 1 aromatic heterocycles. The standard InChI is InChI=1S/C16H19N3O3/c1-21-14(10-17)9-15(20)19-12-7-8-16(18-11-12)22-13-5-3-2-4-6-13/h2-8,11,14H,9-10,17H2,1H3,(H,19,20). The summed E-state index contributed by atoms with van der Waals surface area (Å²) in [5.74, 6) is 0.995. The van der Waals surface area contributed by atoms with E-state index in [4.69, 9.17) is 15.2 Å². The number of benzene rings is 1. The highest BCUT2D eigenvalue weighted by Gasteiger charge is 2.11. The van der Waals surface area contributed by atoms with Crippen molar-refractivity contribution in [1.82, 2.24) is 4.98 Å². The maximum atomic E-state index is 11.8. The molecule has 1 heterocycles. The molecule has 3 N–H and O–H groups in total. The Kier molecular flexibility index (Phi) is 5.88. The summed E-state index contributed by atoms with van der Waals surface area (Å²) in [6.07, 6.45) is 1.46. The molecular formula is C16H19N3O3. The van der Waals surface area contributed by atoms with Gasteiger partial charge < -0.3 is 20.5 Å². The van der Waals surface area contributed by atoms with Crippen LogP contribution in [0.3, 0.4) is 0 Å². The second kappa shape index (κ2) is 8.11. The number of hydrogen-bond acceptors (Lipinski definition) is 5. The van der Waals surface area contributed by atoms with Gasteiger partial charge in [0.2, 0.25) is 11.8 Å². The number of aromatic nitrogens is 1. The third-order valence-corrected chi connectivity index (χ3v) is 3.00. The highest BCUT2D eigenvalue weighted by molar-refractivity contribution is 5.90. The van der Waals surface area contributed by atoms with Gasteiger partial charge in [0.05, 0.1) is 24.4 Å². The van der Waals surface area contributed by atoms with Crippen molar-refractivity contribution in [3.63, 3.8) is 0 Å². The van der Waals surface area contributed by atoms with Crippen molar-refractivity contribution in [1.29, 1.82) is 0 Å². The zero-order chi connectivity index (χ0) is 15.8. The first-order valence-corrected chi connectivity index (χ1v) is 6.93. The molecule has 0 radical (unpaired) electrons. The Hall–Kier alpha value is -2.44. The molecule has 6 heteroatoms. The molecule has 22 heavy (non-hydrogen) atoms. The zero-order valence-electron chi connectivity index (χ0n) is 12.4. The Balaban J connectivity index is 1.90. The van der Waals surface area contributed by atoms with Crippen molar-refractivity contribution in [2.24, 2.45) is 5.73 Å². The molecule has 6 nitrogen and oxygen atoms in total. The fourth-order valence-corrected chi connectivity index (χ4v) is 1.81. The van der Waals surface area contributed by atoms with E-state index in [1.54, 1.807) is 18.3 Å². The van der Waals surface area contributed by atoms with Crippen molar-refractivity contribution >= 4 is 11.6 Å². The lowest BCUT2D eigenvalue weighted by Crippen LogP contribution is -2.28. The number of anilines is 1. The molecule has 1 amide bonds. The fourth-order valence-electron chi connectivity index (χ4n) is 1.81. The number of rotatable bonds is 7. The molecule has 0 saturated carbocycles. The van der Waals surface area contributed by atoms with Gasteiger partial charge in [-0.1, -0.05) is 18.2 Å². The van der Waals surface area contributed by atoms with E-state index in [0.29, 0.717) is 23.9 Å². The third-order valence-electron chi connectivity index (χ3n) is 3.00. The monoisotopic (exact) mass is 301 g/mol. The van der Waals surface area contributed by atoms with Crippen LogP contribution in [0.5, 0.6) is 11.6 Å². The van der Waals surface area contributed by atoms with Gasteiger partial charge >= 0.3 is 0 Å². The molecule has 0 aliphatic carbocycles. The molecule has 1 atom stereocenters. The van der Waals surface area contributed by atoms with Gasteiger partial charge in [-0.25, -0.2) is 4.98 Å². The Morgan fingerprint density at radius 3 is 2.64 bits per heavy atom. The van der Waals surface area contributed by atoms with Gasteiger partial charge in [-0.15, -0.1) is 0 Å². The maximum absolute atomic E-state index is 11.8. The van der Waals surface area contributed by atoms with E-state index in [1.165, 1.54) is 7.11 Å². The summed E-state index contributed by atoms with van der Waals surface area (Å²) in [5, 5.41) is 2.74. The molecule has 0 aliphatic rings. The van der Waals surface area contributed by atoms with Crippen LogP contribution in [0.25, 0.3) is 0 Å². The number of pyridine rings is 1. The van der Waals surface area contributed by atoms with Gasteiger partial charge in [-0.05, 0) is 18.2 Å². The molecule has 0 spiro atoms. The molecule has 0 bridgehead atoms. The predicted molar refractivity (Wildman–Crippen MR) is 83.9 cm³/mol. The normalized spacial score (nSPS) is 11.7.